The van der Waals surface area contributed by atoms with Crippen molar-refractivity contribution in [3.05, 3.63) is 29.8 Å². The van der Waals surface area contributed by atoms with Gasteiger partial charge >= 0.3 is 5.97 Å². The summed E-state index contributed by atoms with van der Waals surface area (Å²) < 4.78 is 5.15. The van der Waals surface area contributed by atoms with Crippen molar-refractivity contribution in [1.29, 1.82) is 0 Å². The van der Waals surface area contributed by atoms with E-state index < -0.39 is 12.1 Å². The normalized spacial score (nSPS) is 17.0. The van der Waals surface area contributed by atoms with Gasteiger partial charge in [-0.2, -0.15) is 0 Å². The fourth-order valence-corrected chi connectivity index (χ4v) is 2.45. The van der Waals surface area contributed by atoms with E-state index in [2.05, 4.69) is 5.32 Å². The quantitative estimate of drug-likeness (QED) is 0.835. The lowest BCUT2D eigenvalue weighted by Gasteiger charge is -2.24. The number of carbonyl (C=O) groups is 2. The van der Waals surface area contributed by atoms with Crippen molar-refractivity contribution in [2.45, 2.75) is 51.2 Å². The molecule has 1 aromatic carbocycles. The average Bonchev–Trinajstić information content (AvgIpc) is 2.48. The van der Waals surface area contributed by atoms with Crippen LogP contribution in [0.25, 0.3) is 0 Å². The molecule has 1 amide bonds. The summed E-state index contributed by atoms with van der Waals surface area (Å²) in [6.45, 7) is 1.57. The number of hydrogen-bond acceptors (Lipinski definition) is 4. The maximum Gasteiger partial charge on any atom is 0.338 e. The number of phenols is 1. The second-order valence-electron chi connectivity index (χ2n) is 5.44. The maximum atomic E-state index is 12.0. The molecule has 0 bridgehead atoms. The van der Waals surface area contributed by atoms with E-state index in [1.54, 1.807) is 6.92 Å². The number of phenolic OH excluding ortho intramolecular Hbond substituents is 1. The van der Waals surface area contributed by atoms with Crippen LogP contribution in [0.15, 0.2) is 24.3 Å². The van der Waals surface area contributed by atoms with Crippen molar-refractivity contribution in [2.75, 3.05) is 0 Å². The van der Waals surface area contributed by atoms with E-state index in [1.165, 1.54) is 30.7 Å². The van der Waals surface area contributed by atoms with E-state index in [4.69, 9.17) is 4.74 Å². The fraction of sp³-hybridized carbons (Fsp3) is 0.500. The van der Waals surface area contributed by atoms with Crippen LogP contribution in [-0.2, 0) is 9.53 Å². The highest BCUT2D eigenvalue weighted by atomic mass is 16.5. The summed E-state index contributed by atoms with van der Waals surface area (Å²) in [7, 11) is 0. The van der Waals surface area contributed by atoms with Crippen LogP contribution in [-0.4, -0.2) is 29.1 Å². The molecule has 1 aliphatic carbocycles. The molecule has 0 heterocycles. The Morgan fingerprint density at radius 2 is 1.81 bits per heavy atom. The minimum atomic E-state index is -0.826. The third kappa shape index (κ3) is 4.48. The van der Waals surface area contributed by atoms with Crippen molar-refractivity contribution in [1.82, 2.24) is 5.32 Å². The zero-order valence-corrected chi connectivity index (χ0v) is 12.2. The highest BCUT2D eigenvalue weighted by Crippen LogP contribution is 2.17. The molecule has 0 aliphatic heterocycles. The zero-order valence-electron chi connectivity index (χ0n) is 12.2. The van der Waals surface area contributed by atoms with Gasteiger partial charge in [0.2, 0.25) is 0 Å². The first-order valence-electron chi connectivity index (χ1n) is 7.36. The Labute approximate surface area is 124 Å². The molecule has 1 atom stereocenters. The van der Waals surface area contributed by atoms with Gasteiger partial charge in [0.1, 0.15) is 5.75 Å². The Balaban J connectivity index is 1.84. The predicted octanol–water partition coefficient (Wildman–Crippen LogP) is 2.39. The van der Waals surface area contributed by atoms with Crippen molar-refractivity contribution < 1.29 is 19.4 Å². The summed E-state index contributed by atoms with van der Waals surface area (Å²) in [6.07, 6.45) is 4.64. The molecule has 0 unspecified atom stereocenters. The Kier molecular flexibility index (Phi) is 5.20. The number of amides is 1. The van der Waals surface area contributed by atoms with Crippen LogP contribution < -0.4 is 5.32 Å². The highest BCUT2D eigenvalue weighted by molar-refractivity contribution is 5.92. The van der Waals surface area contributed by atoms with Crippen molar-refractivity contribution >= 4 is 11.9 Å². The van der Waals surface area contributed by atoms with Gasteiger partial charge in [0.25, 0.3) is 5.91 Å². The first-order valence-corrected chi connectivity index (χ1v) is 7.36. The molecule has 5 heteroatoms. The number of aromatic hydroxyl groups is 1. The van der Waals surface area contributed by atoms with E-state index in [0.29, 0.717) is 5.56 Å². The summed E-state index contributed by atoms with van der Waals surface area (Å²) in [5.74, 6) is -0.745. The Bertz CT molecular complexity index is 492. The van der Waals surface area contributed by atoms with E-state index in [0.717, 1.165) is 25.7 Å². The van der Waals surface area contributed by atoms with Gasteiger partial charge in [-0.15, -0.1) is 0 Å². The Hall–Kier alpha value is -2.04. The van der Waals surface area contributed by atoms with Crippen LogP contribution in [0.5, 0.6) is 5.75 Å². The van der Waals surface area contributed by atoms with Crippen LogP contribution >= 0.6 is 0 Å². The Morgan fingerprint density at radius 1 is 1.19 bits per heavy atom. The average molecular weight is 291 g/mol. The van der Waals surface area contributed by atoms with Gasteiger partial charge in [0.15, 0.2) is 6.10 Å². The number of hydrogen-bond donors (Lipinski definition) is 2. The van der Waals surface area contributed by atoms with E-state index in [-0.39, 0.29) is 17.7 Å². The molecule has 2 N–H and O–H groups in total. The SMILES string of the molecule is C[C@@H](OC(=O)c1ccc(O)cc1)C(=O)NC1CCCCC1. The summed E-state index contributed by atoms with van der Waals surface area (Å²) in [4.78, 5) is 23.9. The predicted molar refractivity (Wildman–Crippen MR) is 78.0 cm³/mol. The van der Waals surface area contributed by atoms with Crippen LogP contribution in [0.1, 0.15) is 49.4 Å². The standard InChI is InChI=1S/C16H21NO4/c1-11(15(19)17-13-5-3-2-4-6-13)21-16(20)12-7-9-14(18)10-8-12/h7-11,13,18H,2-6H2,1H3,(H,17,19)/t11-/m1/s1. The van der Waals surface area contributed by atoms with Crippen molar-refractivity contribution in [2.24, 2.45) is 0 Å². The van der Waals surface area contributed by atoms with Crippen molar-refractivity contribution in [3.8, 4) is 5.75 Å². The third-order valence-corrected chi connectivity index (χ3v) is 3.71. The van der Waals surface area contributed by atoms with E-state index >= 15 is 0 Å². The molecular formula is C16H21NO4. The number of carbonyl (C=O) groups excluding carboxylic acids is 2. The molecule has 1 fully saturated rings. The summed E-state index contributed by atoms with van der Waals surface area (Å²) in [5, 5.41) is 12.1. The zero-order chi connectivity index (χ0) is 15.2. The molecule has 1 aliphatic rings. The number of ether oxygens (including phenoxy) is 1. The number of rotatable bonds is 4. The lowest BCUT2D eigenvalue weighted by atomic mass is 9.95. The lowest BCUT2D eigenvalue weighted by molar-refractivity contribution is -0.130. The van der Waals surface area contributed by atoms with Crippen LogP contribution in [0.4, 0.5) is 0 Å². The molecule has 2 rings (SSSR count). The molecule has 0 radical (unpaired) electrons. The van der Waals surface area contributed by atoms with Crippen LogP contribution in [0.3, 0.4) is 0 Å². The van der Waals surface area contributed by atoms with Gasteiger partial charge in [-0.1, -0.05) is 19.3 Å². The number of benzene rings is 1. The fourth-order valence-electron chi connectivity index (χ4n) is 2.45. The summed E-state index contributed by atoms with van der Waals surface area (Å²) >= 11 is 0. The molecule has 0 saturated heterocycles. The molecule has 1 aromatic rings. The first kappa shape index (κ1) is 15.4. The highest BCUT2D eigenvalue weighted by Gasteiger charge is 2.22. The number of nitrogens with one attached hydrogen (secondary N) is 1. The van der Waals surface area contributed by atoms with Gasteiger partial charge in [-0.05, 0) is 44.0 Å². The van der Waals surface area contributed by atoms with E-state index in [1.807, 2.05) is 0 Å². The summed E-state index contributed by atoms with van der Waals surface area (Å²) in [5.41, 5.74) is 0.310. The smallest absolute Gasteiger partial charge is 0.338 e. The first-order chi connectivity index (χ1) is 10.1. The van der Waals surface area contributed by atoms with Gasteiger partial charge in [-0.3, -0.25) is 4.79 Å². The second-order valence-corrected chi connectivity index (χ2v) is 5.44. The molecule has 0 aromatic heterocycles. The van der Waals surface area contributed by atoms with E-state index in [9.17, 15) is 14.7 Å². The molecule has 5 nitrogen and oxygen atoms in total. The molecule has 0 spiro atoms. The molecular weight excluding hydrogens is 270 g/mol. The van der Waals surface area contributed by atoms with Crippen molar-refractivity contribution in [3.63, 3.8) is 0 Å². The largest absolute Gasteiger partial charge is 0.508 e. The second kappa shape index (κ2) is 7.11. The maximum absolute atomic E-state index is 12.0. The van der Waals surface area contributed by atoms with Gasteiger partial charge in [0.05, 0.1) is 5.56 Å². The lowest BCUT2D eigenvalue weighted by Crippen LogP contribution is -2.42. The molecule has 114 valence electrons. The number of esters is 1. The van der Waals surface area contributed by atoms with Gasteiger partial charge in [0, 0.05) is 6.04 Å². The van der Waals surface area contributed by atoms with Gasteiger partial charge < -0.3 is 15.2 Å². The van der Waals surface area contributed by atoms with Gasteiger partial charge in [-0.25, -0.2) is 4.79 Å². The van der Waals surface area contributed by atoms with Crippen LogP contribution in [0, 0.1) is 0 Å². The minimum absolute atomic E-state index is 0.0784. The topological polar surface area (TPSA) is 75.6 Å². The summed E-state index contributed by atoms with van der Waals surface area (Å²) in [6, 6.07) is 5.93. The Morgan fingerprint density at radius 3 is 2.43 bits per heavy atom. The minimum Gasteiger partial charge on any atom is -0.508 e. The monoisotopic (exact) mass is 291 g/mol. The third-order valence-electron chi connectivity index (χ3n) is 3.71. The van der Waals surface area contributed by atoms with Crippen LogP contribution in [0.2, 0.25) is 0 Å². The molecule has 21 heavy (non-hydrogen) atoms. The molecule has 1 saturated carbocycles.